The van der Waals surface area contributed by atoms with Gasteiger partial charge in [-0.25, -0.2) is 4.79 Å². The number of hydrogen-bond acceptors (Lipinski definition) is 4. The van der Waals surface area contributed by atoms with Crippen LogP contribution in [0.25, 0.3) is 11.8 Å². The van der Waals surface area contributed by atoms with E-state index in [4.69, 9.17) is 17.0 Å². The molecule has 3 nitrogen and oxygen atoms in total. The summed E-state index contributed by atoms with van der Waals surface area (Å²) in [7, 11) is 0. The number of carbonyl (C=O) groups excluding carboxylic acids is 1. The van der Waals surface area contributed by atoms with E-state index in [9.17, 15) is 4.79 Å². The van der Waals surface area contributed by atoms with E-state index in [0.29, 0.717) is 16.0 Å². The molecule has 5 heteroatoms. The zero-order chi connectivity index (χ0) is 13.6. The molecule has 96 valence electrons. The zero-order valence-electron chi connectivity index (χ0n) is 10.4. The van der Waals surface area contributed by atoms with Crippen LogP contribution < -0.4 is 0 Å². The van der Waals surface area contributed by atoms with Crippen LogP contribution in [0.5, 0.6) is 0 Å². The van der Waals surface area contributed by atoms with Crippen molar-refractivity contribution in [2.45, 2.75) is 13.8 Å². The third kappa shape index (κ3) is 2.15. The second-order valence-corrected chi connectivity index (χ2v) is 6.14. The summed E-state index contributed by atoms with van der Waals surface area (Å²) in [5.74, 6) is 0.195. The predicted molar refractivity (Wildman–Crippen MR) is 78.7 cm³/mol. The lowest BCUT2D eigenvalue weighted by Gasteiger charge is -1.99. The Morgan fingerprint density at radius 3 is 2.84 bits per heavy atom. The topological polar surface area (TPSA) is 42.1 Å². The molecule has 0 aliphatic carbocycles. The molecule has 0 radical (unpaired) electrons. The lowest BCUT2D eigenvalue weighted by Crippen LogP contribution is -1.97. The van der Waals surface area contributed by atoms with Crippen LogP contribution in [0, 0.1) is 18.5 Å². The van der Waals surface area contributed by atoms with Gasteiger partial charge in [0.1, 0.15) is 16.0 Å². The first-order valence-corrected chi connectivity index (χ1v) is 7.01. The van der Waals surface area contributed by atoms with Crippen molar-refractivity contribution in [3.8, 4) is 0 Å². The maximum Gasteiger partial charge on any atom is 0.347 e. The Morgan fingerprint density at radius 2 is 2.16 bits per heavy atom. The van der Waals surface area contributed by atoms with Gasteiger partial charge in [-0.3, -0.25) is 0 Å². The van der Waals surface area contributed by atoms with Gasteiger partial charge < -0.3 is 9.72 Å². The van der Waals surface area contributed by atoms with E-state index < -0.39 is 0 Å². The van der Waals surface area contributed by atoms with Crippen LogP contribution in [-0.4, -0.2) is 11.0 Å². The molecule has 0 unspecified atom stereocenters. The monoisotopic (exact) mass is 289 g/mol. The van der Waals surface area contributed by atoms with E-state index in [0.717, 1.165) is 16.1 Å². The number of rotatable bonds is 1. The Bertz CT molecular complexity index is 768. The number of fused-ring (bicyclic) bond motifs is 1. The molecule has 0 fully saturated rings. The summed E-state index contributed by atoms with van der Waals surface area (Å²) < 4.78 is 5.76. The van der Waals surface area contributed by atoms with Crippen LogP contribution in [0.2, 0.25) is 0 Å². The molecule has 0 bridgehead atoms. The molecule has 1 aliphatic rings. The minimum atomic E-state index is -0.379. The van der Waals surface area contributed by atoms with Gasteiger partial charge in [0.05, 0.1) is 0 Å². The van der Waals surface area contributed by atoms with Crippen molar-refractivity contribution in [3.63, 3.8) is 0 Å². The largest absolute Gasteiger partial charge is 0.422 e. The molecule has 2 aromatic rings. The standard InChI is InChI=1S/C14H11NO2S2/c1-7-5-10-11(6-9-4-3-8(2)19-9)17-14(16)12(10)13(18)15-7/h3-6H,1-2H3,(H,15,18)/b11-6-. The van der Waals surface area contributed by atoms with Crippen LogP contribution in [0.1, 0.15) is 31.4 Å². The van der Waals surface area contributed by atoms with Crippen molar-refractivity contribution in [1.29, 1.82) is 0 Å². The van der Waals surface area contributed by atoms with Gasteiger partial charge in [0, 0.05) is 21.0 Å². The molecule has 1 aliphatic heterocycles. The summed E-state index contributed by atoms with van der Waals surface area (Å²) in [5.41, 5.74) is 2.15. The smallest absolute Gasteiger partial charge is 0.347 e. The molecule has 1 N–H and O–H groups in total. The number of nitrogens with one attached hydrogen (secondary N) is 1. The van der Waals surface area contributed by atoms with E-state index in [1.54, 1.807) is 11.3 Å². The maximum atomic E-state index is 11.9. The van der Waals surface area contributed by atoms with Crippen LogP contribution in [0.3, 0.4) is 0 Å². The summed E-state index contributed by atoms with van der Waals surface area (Å²) in [6, 6.07) is 5.94. The van der Waals surface area contributed by atoms with Gasteiger partial charge in [-0.2, -0.15) is 0 Å². The van der Waals surface area contributed by atoms with Gasteiger partial charge in [0.15, 0.2) is 0 Å². The number of aromatic amines is 1. The second kappa shape index (κ2) is 4.43. The van der Waals surface area contributed by atoms with Gasteiger partial charge in [-0.05, 0) is 38.1 Å². The number of pyridine rings is 1. The van der Waals surface area contributed by atoms with Crippen LogP contribution in [-0.2, 0) is 4.74 Å². The highest BCUT2D eigenvalue weighted by molar-refractivity contribution is 7.71. The quantitative estimate of drug-likeness (QED) is 0.635. The van der Waals surface area contributed by atoms with E-state index in [2.05, 4.69) is 4.98 Å². The van der Waals surface area contributed by atoms with Crippen LogP contribution >= 0.6 is 23.6 Å². The number of aromatic nitrogens is 1. The fourth-order valence-corrected chi connectivity index (χ4v) is 3.22. The first-order chi connectivity index (χ1) is 9.04. The number of H-pyrrole nitrogens is 1. The van der Waals surface area contributed by atoms with Crippen molar-refractivity contribution in [1.82, 2.24) is 4.98 Å². The Kier molecular flexibility index (Phi) is 2.88. The first-order valence-electron chi connectivity index (χ1n) is 5.79. The third-order valence-electron chi connectivity index (χ3n) is 2.87. The average molecular weight is 289 g/mol. The molecule has 3 rings (SSSR count). The molecule has 0 amide bonds. The molecular weight excluding hydrogens is 278 g/mol. The number of carbonyl (C=O) groups is 1. The van der Waals surface area contributed by atoms with Gasteiger partial charge in [-0.1, -0.05) is 12.2 Å². The molecular formula is C14H11NO2S2. The van der Waals surface area contributed by atoms with Crippen molar-refractivity contribution >= 4 is 41.4 Å². The number of esters is 1. The predicted octanol–water partition coefficient (Wildman–Crippen LogP) is 4.09. The summed E-state index contributed by atoms with van der Waals surface area (Å²) in [5, 5.41) is 0. The molecule has 3 heterocycles. The highest BCUT2D eigenvalue weighted by Crippen LogP contribution is 2.33. The van der Waals surface area contributed by atoms with Crippen molar-refractivity contribution in [2.75, 3.05) is 0 Å². The maximum absolute atomic E-state index is 11.9. The minimum Gasteiger partial charge on any atom is -0.422 e. The third-order valence-corrected chi connectivity index (χ3v) is 4.13. The van der Waals surface area contributed by atoms with E-state index in [1.807, 2.05) is 38.1 Å². The normalized spacial score (nSPS) is 15.7. The fraction of sp³-hybridized carbons (Fsp3) is 0.143. The molecule has 0 saturated carbocycles. The SMILES string of the molecule is Cc1cc2c(c(=S)[nH]1)C(=O)O/C2=C\c1ccc(C)s1. The molecule has 19 heavy (non-hydrogen) atoms. The van der Waals surface area contributed by atoms with Crippen molar-refractivity contribution < 1.29 is 9.53 Å². The van der Waals surface area contributed by atoms with Crippen LogP contribution in [0.15, 0.2) is 18.2 Å². The number of thiophene rings is 1. The van der Waals surface area contributed by atoms with Crippen molar-refractivity contribution in [2.24, 2.45) is 0 Å². The lowest BCUT2D eigenvalue weighted by atomic mass is 10.1. The molecule has 0 atom stereocenters. The van der Waals surface area contributed by atoms with Gasteiger partial charge >= 0.3 is 5.97 Å². The highest BCUT2D eigenvalue weighted by atomic mass is 32.1. The summed E-state index contributed by atoms with van der Waals surface area (Å²) in [6.45, 7) is 3.95. The lowest BCUT2D eigenvalue weighted by molar-refractivity contribution is 0.0716. The highest BCUT2D eigenvalue weighted by Gasteiger charge is 2.28. The number of ether oxygens (including phenoxy) is 1. The summed E-state index contributed by atoms with van der Waals surface area (Å²) in [6.07, 6.45) is 1.88. The molecule has 0 saturated heterocycles. The van der Waals surface area contributed by atoms with Gasteiger partial charge in [-0.15, -0.1) is 11.3 Å². The van der Waals surface area contributed by atoms with E-state index >= 15 is 0 Å². The molecule has 0 aromatic carbocycles. The summed E-state index contributed by atoms with van der Waals surface area (Å²) in [4.78, 5) is 17.1. The second-order valence-electron chi connectivity index (χ2n) is 4.42. The van der Waals surface area contributed by atoms with Gasteiger partial charge in [0.25, 0.3) is 0 Å². The zero-order valence-corrected chi connectivity index (χ0v) is 12.1. The first kappa shape index (κ1) is 12.3. The molecule has 2 aromatic heterocycles. The Hall–Kier alpha value is -1.72. The Balaban J connectivity index is 2.17. The van der Waals surface area contributed by atoms with Gasteiger partial charge in [0.2, 0.25) is 0 Å². The average Bonchev–Trinajstić information content (AvgIpc) is 2.84. The Morgan fingerprint density at radius 1 is 1.37 bits per heavy atom. The number of cyclic esters (lactones) is 1. The van der Waals surface area contributed by atoms with E-state index in [1.165, 1.54) is 4.88 Å². The summed E-state index contributed by atoms with van der Waals surface area (Å²) >= 11 is 6.84. The minimum absolute atomic E-state index is 0.379. The van der Waals surface area contributed by atoms with Crippen LogP contribution in [0.4, 0.5) is 0 Å². The van der Waals surface area contributed by atoms with E-state index in [-0.39, 0.29) is 5.97 Å². The number of aryl methyl sites for hydroxylation is 2. The fourth-order valence-electron chi connectivity index (χ4n) is 2.06. The Labute approximate surface area is 119 Å². The number of hydrogen-bond donors (Lipinski definition) is 1. The molecule has 0 spiro atoms. The van der Waals surface area contributed by atoms with Crippen molar-refractivity contribution in [3.05, 3.63) is 49.4 Å².